The van der Waals surface area contributed by atoms with Gasteiger partial charge in [-0.2, -0.15) is 0 Å². The molecule has 134 valence electrons. The van der Waals surface area contributed by atoms with E-state index >= 15 is 0 Å². The predicted molar refractivity (Wildman–Crippen MR) is 89.2 cm³/mol. The number of aliphatic hydroxyl groups excluding tert-OH is 1. The molecule has 0 radical (unpaired) electrons. The topological polar surface area (TPSA) is 63.5 Å². The summed E-state index contributed by atoms with van der Waals surface area (Å²) >= 11 is 0. The maximum Gasteiger partial charge on any atom is 0.290 e. The fraction of sp³-hybridized carbons (Fsp3) is 0.941. The fourth-order valence-electron chi connectivity index (χ4n) is 3.76. The highest BCUT2D eigenvalue weighted by atomic mass is 16.7. The van der Waals surface area contributed by atoms with Crippen LogP contribution in [0.1, 0.15) is 59.8 Å². The van der Waals surface area contributed by atoms with Gasteiger partial charge in [0.1, 0.15) is 6.73 Å². The Bertz CT molecular complexity index is 409. The number of hydrogen-bond acceptors (Lipinski definition) is 5. The van der Waals surface area contributed by atoms with Gasteiger partial charge in [-0.1, -0.05) is 26.7 Å². The molecule has 2 fully saturated rings. The number of nitrogens with zero attached hydrogens (tertiary/aromatic N) is 2. The summed E-state index contributed by atoms with van der Waals surface area (Å²) in [4.78, 5) is 6.02. The third kappa shape index (κ3) is 4.17. The van der Waals surface area contributed by atoms with E-state index < -0.39 is 6.29 Å². The Morgan fingerprint density at radius 2 is 2.00 bits per heavy atom. The average Bonchev–Trinajstić information content (AvgIpc) is 2.77. The lowest BCUT2D eigenvalue weighted by atomic mass is 9.93. The molecular weight excluding hydrogens is 296 g/mol. The van der Waals surface area contributed by atoms with E-state index in [0.717, 1.165) is 32.1 Å². The van der Waals surface area contributed by atoms with Crippen LogP contribution in [0.2, 0.25) is 0 Å². The highest BCUT2D eigenvalue weighted by Gasteiger charge is 2.50. The van der Waals surface area contributed by atoms with Gasteiger partial charge < -0.3 is 24.2 Å². The molecule has 0 bridgehead atoms. The molecule has 2 saturated heterocycles. The summed E-state index contributed by atoms with van der Waals surface area (Å²) < 4.78 is 18.4. The number of likely N-dealkylation sites (N-methyl/N-ethyl adjacent to an activating group) is 1. The van der Waals surface area contributed by atoms with Crippen LogP contribution in [0, 0.1) is 0 Å². The van der Waals surface area contributed by atoms with Crippen molar-refractivity contribution in [3.63, 3.8) is 0 Å². The zero-order chi connectivity index (χ0) is 17.0. The SMILES string of the molecule is CCCC(C)(CCC)O[C@@H]1O[C@H](C)CC2[C@H]1OC(=NCO)N2C. The van der Waals surface area contributed by atoms with Gasteiger partial charge in [0, 0.05) is 7.05 Å². The number of hydrogen-bond donors (Lipinski definition) is 1. The van der Waals surface area contributed by atoms with Crippen LogP contribution in [0.3, 0.4) is 0 Å². The summed E-state index contributed by atoms with van der Waals surface area (Å²) in [6.45, 7) is 8.31. The van der Waals surface area contributed by atoms with Gasteiger partial charge >= 0.3 is 0 Å². The van der Waals surface area contributed by atoms with Gasteiger partial charge in [0.05, 0.1) is 17.7 Å². The molecule has 0 amide bonds. The maximum atomic E-state index is 9.07. The molecule has 0 spiro atoms. The van der Waals surface area contributed by atoms with Crippen LogP contribution < -0.4 is 0 Å². The monoisotopic (exact) mass is 328 g/mol. The average molecular weight is 328 g/mol. The molecule has 0 aromatic carbocycles. The Hall–Kier alpha value is -0.850. The minimum atomic E-state index is -0.402. The quantitative estimate of drug-likeness (QED) is 0.778. The molecule has 2 aliphatic heterocycles. The first-order valence-electron chi connectivity index (χ1n) is 8.82. The summed E-state index contributed by atoms with van der Waals surface area (Å²) in [7, 11) is 1.95. The number of rotatable bonds is 7. The van der Waals surface area contributed by atoms with Gasteiger partial charge in [-0.05, 0) is 33.1 Å². The molecule has 6 nitrogen and oxygen atoms in total. The smallest absolute Gasteiger partial charge is 0.290 e. The molecule has 0 aromatic heterocycles. The Kier molecular flexibility index (Phi) is 6.28. The summed E-state index contributed by atoms with van der Waals surface area (Å²) in [5.74, 6) is 0. The van der Waals surface area contributed by atoms with Crippen molar-refractivity contribution in [2.45, 2.75) is 89.9 Å². The molecule has 0 saturated carbocycles. The molecule has 4 atom stereocenters. The van der Waals surface area contributed by atoms with E-state index in [4.69, 9.17) is 19.3 Å². The van der Waals surface area contributed by atoms with Crippen molar-refractivity contribution in [2.24, 2.45) is 4.99 Å². The predicted octanol–water partition coefficient (Wildman–Crippen LogP) is 2.50. The van der Waals surface area contributed by atoms with E-state index in [2.05, 4.69) is 32.7 Å². The molecule has 2 heterocycles. The Morgan fingerprint density at radius 3 is 2.57 bits per heavy atom. The molecule has 1 unspecified atom stereocenters. The Labute approximate surface area is 139 Å². The number of aliphatic imine (C=N–C) groups is 1. The van der Waals surface area contributed by atoms with E-state index in [0.29, 0.717) is 6.02 Å². The first-order valence-corrected chi connectivity index (χ1v) is 8.82. The van der Waals surface area contributed by atoms with Crippen LogP contribution in [-0.2, 0) is 14.2 Å². The van der Waals surface area contributed by atoms with E-state index in [-0.39, 0.29) is 30.6 Å². The van der Waals surface area contributed by atoms with Crippen molar-refractivity contribution in [1.82, 2.24) is 4.90 Å². The van der Waals surface area contributed by atoms with Gasteiger partial charge in [-0.15, -0.1) is 0 Å². The van der Waals surface area contributed by atoms with Crippen LogP contribution in [0.25, 0.3) is 0 Å². The second-order valence-electron chi connectivity index (χ2n) is 6.96. The highest BCUT2D eigenvalue weighted by molar-refractivity contribution is 5.76. The van der Waals surface area contributed by atoms with Crippen LogP contribution in [0.4, 0.5) is 0 Å². The minimum absolute atomic E-state index is 0.105. The molecule has 0 aliphatic carbocycles. The summed E-state index contributed by atoms with van der Waals surface area (Å²) in [6.07, 6.45) is 4.52. The van der Waals surface area contributed by atoms with Crippen LogP contribution >= 0.6 is 0 Å². The molecule has 6 heteroatoms. The van der Waals surface area contributed by atoms with Gasteiger partial charge in [-0.25, -0.2) is 4.99 Å². The highest BCUT2D eigenvalue weighted by Crippen LogP contribution is 2.36. The lowest BCUT2D eigenvalue weighted by Crippen LogP contribution is -2.52. The molecule has 23 heavy (non-hydrogen) atoms. The largest absolute Gasteiger partial charge is 0.454 e. The van der Waals surface area contributed by atoms with Crippen molar-refractivity contribution in [2.75, 3.05) is 13.8 Å². The van der Waals surface area contributed by atoms with Gasteiger partial charge in [0.25, 0.3) is 6.02 Å². The Balaban J connectivity index is 2.15. The third-order valence-electron chi connectivity index (χ3n) is 4.79. The van der Waals surface area contributed by atoms with Crippen LogP contribution in [0.5, 0.6) is 0 Å². The lowest BCUT2D eigenvalue weighted by Gasteiger charge is -2.41. The number of ether oxygens (including phenoxy) is 3. The van der Waals surface area contributed by atoms with E-state index in [9.17, 15) is 0 Å². The van der Waals surface area contributed by atoms with E-state index in [1.165, 1.54) is 0 Å². The number of fused-ring (bicyclic) bond motifs is 1. The number of aliphatic hydroxyl groups is 1. The van der Waals surface area contributed by atoms with Crippen molar-refractivity contribution in [3.8, 4) is 0 Å². The first kappa shape index (κ1) is 18.5. The maximum absolute atomic E-state index is 9.07. The minimum Gasteiger partial charge on any atom is -0.454 e. The zero-order valence-corrected chi connectivity index (χ0v) is 15.1. The van der Waals surface area contributed by atoms with Crippen molar-refractivity contribution in [3.05, 3.63) is 0 Å². The van der Waals surface area contributed by atoms with Gasteiger partial charge in [0.15, 0.2) is 12.4 Å². The summed E-state index contributed by atoms with van der Waals surface area (Å²) in [5, 5.41) is 9.07. The first-order chi connectivity index (χ1) is 10.9. The van der Waals surface area contributed by atoms with Crippen molar-refractivity contribution < 1.29 is 19.3 Å². The van der Waals surface area contributed by atoms with Crippen LogP contribution in [0.15, 0.2) is 4.99 Å². The normalized spacial score (nSPS) is 33.0. The summed E-state index contributed by atoms with van der Waals surface area (Å²) in [6, 6.07) is 0.642. The molecule has 2 rings (SSSR count). The van der Waals surface area contributed by atoms with Crippen LogP contribution in [-0.4, -0.2) is 59.9 Å². The second-order valence-corrected chi connectivity index (χ2v) is 6.96. The molecular formula is C17H32N2O4. The van der Waals surface area contributed by atoms with Gasteiger partial charge in [-0.3, -0.25) is 0 Å². The standard InChI is InChI=1S/C17H32N2O4/c1-6-8-17(4,9-7-2)23-15-14-13(10-12(3)21-15)19(5)16(22-14)18-11-20/h12-15,20H,6-11H2,1-5H3/t12-,13?,14-,15+/m1/s1. The second kappa shape index (κ2) is 7.81. The van der Waals surface area contributed by atoms with Crippen molar-refractivity contribution in [1.29, 1.82) is 0 Å². The Morgan fingerprint density at radius 1 is 1.35 bits per heavy atom. The molecule has 0 aromatic rings. The molecule has 1 N–H and O–H groups in total. The number of amidine groups is 1. The summed E-state index contributed by atoms with van der Waals surface area (Å²) in [5.41, 5.74) is -0.200. The van der Waals surface area contributed by atoms with Gasteiger partial charge in [0.2, 0.25) is 0 Å². The molecule has 2 aliphatic rings. The van der Waals surface area contributed by atoms with E-state index in [1.54, 1.807) is 0 Å². The lowest BCUT2D eigenvalue weighted by molar-refractivity contribution is -0.276. The zero-order valence-electron chi connectivity index (χ0n) is 15.1. The van der Waals surface area contributed by atoms with Crippen molar-refractivity contribution >= 4 is 6.02 Å². The van der Waals surface area contributed by atoms with E-state index in [1.807, 2.05) is 11.9 Å². The fourth-order valence-corrected chi connectivity index (χ4v) is 3.76. The third-order valence-corrected chi connectivity index (χ3v) is 4.79.